The third-order valence-corrected chi connectivity index (χ3v) is 7.15. The fourth-order valence-electron chi connectivity index (χ4n) is 3.54. The van der Waals surface area contributed by atoms with Crippen LogP contribution in [0.1, 0.15) is 24.8 Å². The summed E-state index contributed by atoms with van der Waals surface area (Å²) < 4.78 is 6.05. The third kappa shape index (κ3) is 3.42. The van der Waals surface area contributed by atoms with E-state index >= 15 is 0 Å². The standard InChI is InChI=1S/C20H20N4OS2/c1-2-7-14(8-3-1)17-13-24(19(27-17)15-9-4-5-11-21-15)20-23-22-18(25-20)16-10-6-12-26-16/h1-3,6-8,10,12-13,15,19,21H,4-5,9,11H2. The quantitative estimate of drug-likeness (QED) is 0.682. The van der Waals surface area contributed by atoms with Gasteiger partial charge in [-0.2, -0.15) is 0 Å². The van der Waals surface area contributed by atoms with Crippen LogP contribution in [0.3, 0.4) is 0 Å². The summed E-state index contributed by atoms with van der Waals surface area (Å²) in [5.41, 5.74) is 1.23. The number of rotatable bonds is 4. The Kier molecular flexibility index (Phi) is 4.73. The average molecular weight is 397 g/mol. The molecule has 5 rings (SSSR count). The number of piperidine rings is 1. The molecule has 7 heteroatoms. The fourth-order valence-corrected chi connectivity index (χ4v) is 5.56. The lowest BCUT2D eigenvalue weighted by atomic mass is 10.0. The minimum absolute atomic E-state index is 0.220. The highest BCUT2D eigenvalue weighted by Crippen LogP contribution is 2.44. The Labute approximate surface area is 166 Å². The third-order valence-electron chi connectivity index (χ3n) is 4.90. The molecule has 0 aliphatic carbocycles. The van der Waals surface area contributed by atoms with Gasteiger partial charge in [0.25, 0.3) is 5.89 Å². The maximum atomic E-state index is 6.05. The highest BCUT2D eigenvalue weighted by Gasteiger charge is 2.37. The van der Waals surface area contributed by atoms with Gasteiger partial charge < -0.3 is 9.73 Å². The molecule has 0 spiro atoms. The number of thiophene rings is 1. The number of aromatic nitrogens is 2. The maximum Gasteiger partial charge on any atom is 0.323 e. The number of anilines is 1. The van der Waals surface area contributed by atoms with Crippen LogP contribution in [0, 0.1) is 0 Å². The lowest BCUT2D eigenvalue weighted by Crippen LogP contribution is -2.47. The first kappa shape index (κ1) is 17.0. The van der Waals surface area contributed by atoms with Crippen LogP contribution in [0.2, 0.25) is 0 Å². The summed E-state index contributed by atoms with van der Waals surface area (Å²) in [5.74, 6) is 0.585. The number of hydrogen-bond acceptors (Lipinski definition) is 7. The van der Waals surface area contributed by atoms with Gasteiger partial charge in [-0.15, -0.1) is 16.4 Å². The van der Waals surface area contributed by atoms with Crippen LogP contribution >= 0.6 is 23.1 Å². The molecule has 2 atom stereocenters. The zero-order chi connectivity index (χ0) is 18.1. The molecule has 1 saturated heterocycles. The second-order valence-electron chi connectivity index (χ2n) is 6.70. The Hall–Kier alpha value is -2.09. The van der Waals surface area contributed by atoms with Crippen molar-refractivity contribution in [3.05, 3.63) is 59.6 Å². The van der Waals surface area contributed by atoms with Crippen LogP contribution in [-0.2, 0) is 0 Å². The van der Waals surface area contributed by atoms with E-state index < -0.39 is 0 Å². The van der Waals surface area contributed by atoms with E-state index in [1.165, 1.54) is 23.3 Å². The molecule has 2 aliphatic rings. The SMILES string of the molecule is C1=C(c2ccccc2)SC(C2CCCCN2)N1c1nnc(-c2cccs2)o1. The predicted octanol–water partition coefficient (Wildman–Crippen LogP) is 4.82. The monoisotopic (exact) mass is 396 g/mol. The molecule has 0 bridgehead atoms. The van der Waals surface area contributed by atoms with Crippen LogP contribution in [0.25, 0.3) is 15.7 Å². The van der Waals surface area contributed by atoms with Crippen molar-refractivity contribution in [3.8, 4) is 10.8 Å². The summed E-state index contributed by atoms with van der Waals surface area (Å²) in [6.07, 6.45) is 5.83. The van der Waals surface area contributed by atoms with E-state index in [9.17, 15) is 0 Å². The lowest BCUT2D eigenvalue weighted by molar-refractivity contribution is 0.387. The second kappa shape index (κ2) is 7.50. The molecule has 1 N–H and O–H groups in total. The van der Waals surface area contributed by atoms with Crippen molar-refractivity contribution >= 4 is 34.0 Å². The number of nitrogens with one attached hydrogen (secondary N) is 1. The first-order chi connectivity index (χ1) is 13.4. The van der Waals surface area contributed by atoms with Gasteiger partial charge in [-0.05, 0) is 36.4 Å². The van der Waals surface area contributed by atoms with E-state index in [1.54, 1.807) is 11.3 Å². The number of benzene rings is 1. The highest BCUT2D eigenvalue weighted by molar-refractivity contribution is 8.09. The molecule has 2 aromatic heterocycles. The largest absolute Gasteiger partial charge is 0.402 e. The Morgan fingerprint density at radius 1 is 1.07 bits per heavy atom. The molecular formula is C20H20N4OS2. The Morgan fingerprint density at radius 2 is 2.00 bits per heavy atom. The Morgan fingerprint density at radius 3 is 2.78 bits per heavy atom. The molecule has 0 radical (unpaired) electrons. The van der Waals surface area contributed by atoms with Gasteiger partial charge in [0, 0.05) is 17.1 Å². The van der Waals surface area contributed by atoms with Gasteiger partial charge in [0.2, 0.25) is 0 Å². The van der Waals surface area contributed by atoms with E-state index in [4.69, 9.17) is 4.42 Å². The molecule has 1 fully saturated rings. The first-order valence-corrected chi connectivity index (χ1v) is 11.0. The van der Waals surface area contributed by atoms with Crippen molar-refractivity contribution in [1.29, 1.82) is 0 Å². The lowest BCUT2D eigenvalue weighted by Gasteiger charge is -2.32. The van der Waals surface area contributed by atoms with E-state index in [0.29, 0.717) is 17.9 Å². The van der Waals surface area contributed by atoms with E-state index in [1.807, 2.05) is 35.3 Å². The predicted molar refractivity (Wildman–Crippen MR) is 112 cm³/mol. The Bertz CT molecular complexity index is 917. The van der Waals surface area contributed by atoms with E-state index in [-0.39, 0.29) is 5.37 Å². The van der Waals surface area contributed by atoms with Crippen molar-refractivity contribution < 1.29 is 4.42 Å². The van der Waals surface area contributed by atoms with Gasteiger partial charge in [-0.25, -0.2) is 0 Å². The van der Waals surface area contributed by atoms with Gasteiger partial charge in [0.15, 0.2) is 0 Å². The van der Waals surface area contributed by atoms with Crippen LogP contribution < -0.4 is 10.2 Å². The molecule has 5 nitrogen and oxygen atoms in total. The molecule has 138 valence electrons. The van der Waals surface area contributed by atoms with Crippen molar-refractivity contribution in [2.75, 3.05) is 11.4 Å². The molecule has 2 unspecified atom stereocenters. The van der Waals surface area contributed by atoms with Crippen molar-refractivity contribution in [1.82, 2.24) is 15.5 Å². The average Bonchev–Trinajstić information content (AvgIpc) is 3.49. The van der Waals surface area contributed by atoms with Gasteiger partial charge in [0.05, 0.1) is 4.88 Å². The highest BCUT2D eigenvalue weighted by atomic mass is 32.2. The number of nitrogens with zero attached hydrogens (tertiary/aromatic N) is 3. The summed E-state index contributed by atoms with van der Waals surface area (Å²) in [6.45, 7) is 1.07. The molecule has 4 heterocycles. The van der Waals surface area contributed by atoms with Crippen molar-refractivity contribution in [2.45, 2.75) is 30.7 Å². The first-order valence-electron chi connectivity index (χ1n) is 9.21. The zero-order valence-corrected chi connectivity index (χ0v) is 16.4. The number of thioether (sulfide) groups is 1. The Balaban J connectivity index is 1.48. The molecule has 1 aromatic carbocycles. The van der Waals surface area contributed by atoms with Crippen molar-refractivity contribution in [3.63, 3.8) is 0 Å². The van der Waals surface area contributed by atoms with Crippen LogP contribution in [0.4, 0.5) is 6.01 Å². The summed E-state index contributed by atoms with van der Waals surface area (Å²) in [4.78, 5) is 4.39. The number of hydrogen-bond donors (Lipinski definition) is 1. The molecule has 27 heavy (non-hydrogen) atoms. The summed E-state index contributed by atoms with van der Waals surface area (Å²) >= 11 is 3.49. The minimum Gasteiger partial charge on any atom is -0.402 e. The van der Waals surface area contributed by atoms with Gasteiger partial charge in [0.1, 0.15) is 5.37 Å². The molecule has 3 aromatic rings. The topological polar surface area (TPSA) is 54.2 Å². The van der Waals surface area contributed by atoms with Crippen LogP contribution in [-0.4, -0.2) is 28.2 Å². The van der Waals surface area contributed by atoms with Gasteiger partial charge in [-0.1, -0.05) is 59.7 Å². The van der Waals surface area contributed by atoms with Crippen molar-refractivity contribution in [2.24, 2.45) is 0 Å². The smallest absolute Gasteiger partial charge is 0.323 e. The van der Waals surface area contributed by atoms with Gasteiger partial charge in [-0.3, -0.25) is 4.90 Å². The van der Waals surface area contributed by atoms with Crippen LogP contribution in [0.15, 0.2) is 58.5 Å². The summed E-state index contributed by atoms with van der Waals surface area (Å²) in [7, 11) is 0. The summed E-state index contributed by atoms with van der Waals surface area (Å²) in [5, 5.41) is 14.6. The summed E-state index contributed by atoms with van der Waals surface area (Å²) in [6, 6.07) is 15.5. The molecular weight excluding hydrogens is 376 g/mol. The molecule has 0 saturated carbocycles. The minimum atomic E-state index is 0.220. The van der Waals surface area contributed by atoms with Gasteiger partial charge >= 0.3 is 6.01 Å². The van der Waals surface area contributed by atoms with E-state index in [2.05, 4.69) is 50.9 Å². The van der Waals surface area contributed by atoms with Crippen LogP contribution in [0.5, 0.6) is 0 Å². The van der Waals surface area contributed by atoms with E-state index in [0.717, 1.165) is 17.8 Å². The second-order valence-corrected chi connectivity index (χ2v) is 8.80. The fraction of sp³-hybridized carbons (Fsp3) is 0.300. The zero-order valence-electron chi connectivity index (χ0n) is 14.7. The molecule has 2 aliphatic heterocycles. The molecule has 0 amide bonds. The normalized spacial score (nSPS) is 22.8. The maximum absolute atomic E-state index is 6.05.